The van der Waals surface area contributed by atoms with E-state index in [-0.39, 0.29) is 5.91 Å². The van der Waals surface area contributed by atoms with Crippen molar-refractivity contribution in [2.24, 2.45) is 7.05 Å². The summed E-state index contributed by atoms with van der Waals surface area (Å²) in [6.45, 7) is 1.16. The molecule has 1 amide bonds. The van der Waals surface area contributed by atoms with Crippen molar-refractivity contribution in [3.8, 4) is 6.07 Å². The van der Waals surface area contributed by atoms with Crippen molar-refractivity contribution >= 4 is 16.8 Å². The van der Waals surface area contributed by atoms with Gasteiger partial charge >= 0.3 is 0 Å². The number of aromatic nitrogens is 2. The average Bonchev–Trinajstić information content (AvgIpc) is 2.84. The Morgan fingerprint density at radius 3 is 3.10 bits per heavy atom. The Kier molecular flexibility index (Phi) is 3.12. The minimum absolute atomic E-state index is 0.148. The SMILES string of the molecule is Cn1nc(C(=O)N2CCOC(C#N)C2)c2ccccc21. The summed E-state index contributed by atoms with van der Waals surface area (Å²) in [7, 11) is 1.82. The van der Waals surface area contributed by atoms with Gasteiger partial charge in [0.2, 0.25) is 0 Å². The van der Waals surface area contributed by atoms with Gasteiger partial charge in [0.05, 0.1) is 24.7 Å². The van der Waals surface area contributed by atoms with Gasteiger partial charge < -0.3 is 9.64 Å². The van der Waals surface area contributed by atoms with Gasteiger partial charge in [0, 0.05) is 19.0 Å². The van der Waals surface area contributed by atoms with E-state index in [1.807, 2.05) is 37.4 Å². The zero-order valence-corrected chi connectivity index (χ0v) is 11.1. The monoisotopic (exact) mass is 270 g/mol. The molecular weight excluding hydrogens is 256 g/mol. The van der Waals surface area contributed by atoms with Crippen LogP contribution in [0.4, 0.5) is 0 Å². The number of nitriles is 1. The lowest BCUT2D eigenvalue weighted by Crippen LogP contribution is -2.45. The molecule has 0 spiro atoms. The predicted octanol–water partition coefficient (Wildman–Crippen LogP) is 0.938. The van der Waals surface area contributed by atoms with Crippen LogP contribution in [-0.4, -0.2) is 46.4 Å². The standard InChI is InChI=1S/C14H14N4O2/c1-17-12-5-3-2-4-11(12)13(16-17)14(19)18-6-7-20-10(8-15)9-18/h2-5,10H,6-7,9H2,1H3. The van der Waals surface area contributed by atoms with Crippen LogP contribution in [0.25, 0.3) is 10.9 Å². The van der Waals surface area contributed by atoms with E-state index in [1.165, 1.54) is 0 Å². The highest BCUT2D eigenvalue weighted by molar-refractivity contribution is 6.04. The lowest BCUT2D eigenvalue weighted by Gasteiger charge is -2.29. The summed E-state index contributed by atoms with van der Waals surface area (Å²) in [6, 6.07) is 9.66. The van der Waals surface area contributed by atoms with E-state index in [1.54, 1.807) is 9.58 Å². The van der Waals surface area contributed by atoms with Crippen LogP contribution >= 0.6 is 0 Å². The Morgan fingerprint density at radius 1 is 1.50 bits per heavy atom. The summed E-state index contributed by atoms with van der Waals surface area (Å²) in [5.41, 5.74) is 1.35. The largest absolute Gasteiger partial charge is 0.360 e. The number of rotatable bonds is 1. The molecule has 1 aromatic carbocycles. The third-order valence-corrected chi connectivity index (χ3v) is 3.46. The molecule has 1 aromatic heterocycles. The first kappa shape index (κ1) is 12.6. The first-order valence-electron chi connectivity index (χ1n) is 6.43. The molecule has 2 heterocycles. The fraction of sp³-hybridized carbons (Fsp3) is 0.357. The van der Waals surface area contributed by atoms with E-state index in [4.69, 9.17) is 10.00 Å². The molecule has 1 atom stereocenters. The summed E-state index contributed by atoms with van der Waals surface area (Å²) in [6.07, 6.45) is -0.553. The summed E-state index contributed by atoms with van der Waals surface area (Å²) in [5, 5.41) is 14.1. The smallest absolute Gasteiger partial charge is 0.275 e. The molecule has 1 aliphatic heterocycles. The molecule has 0 radical (unpaired) electrons. The van der Waals surface area contributed by atoms with E-state index < -0.39 is 6.10 Å². The van der Waals surface area contributed by atoms with Gasteiger partial charge in [-0.25, -0.2) is 0 Å². The number of nitrogens with zero attached hydrogens (tertiary/aromatic N) is 4. The van der Waals surface area contributed by atoms with Crippen LogP contribution in [0.1, 0.15) is 10.5 Å². The third-order valence-electron chi connectivity index (χ3n) is 3.46. The third kappa shape index (κ3) is 2.02. The number of hydrogen-bond donors (Lipinski definition) is 0. The number of amides is 1. The molecule has 0 N–H and O–H groups in total. The van der Waals surface area contributed by atoms with Gasteiger partial charge in [-0.3, -0.25) is 9.48 Å². The summed E-state index contributed by atoms with van der Waals surface area (Å²) in [5.74, 6) is -0.148. The van der Waals surface area contributed by atoms with Crippen molar-refractivity contribution < 1.29 is 9.53 Å². The second-order valence-electron chi connectivity index (χ2n) is 4.73. The molecule has 1 saturated heterocycles. The molecule has 0 saturated carbocycles. The van der Waals surface area contributed by atoms with Crippen LogP contribution in [0.2, 0.25) is 0 Å². The minimum atomic E-state index is -0.553. The van der Waals surface area contributed by atoms with E-state index >= 15 is 0 Å². The molecule has 1 unspecified atom stereocenters. The predicted molar refractivity (Wildman–Crippen MR) is 72.0 cm³/mol. The van der Waals surface area contributed by atoms with E-state index in [0.29, 0.717) is 25.4 Å². The maximum absolute atomic E-state index is 12.6. The number of hydrogen-bond acceptors (Lipinski definition) is 4. The van der Waals surface area contributed by atoms with Gasteiger partial charge in [-0.2, -0.15) is 10.4 Å². The molecule has 20 heavy (non-hydrogen) atoms. The minimum Gasteiger partial charge on any atom is -0.360 e. The van der Waals surface area contributed by atoms with Gasteiger partial charge in [0.15, 0.2) is 11.8 Å². The number of morpholine rings is 1. The highest BCUT2D eigenvalue weighted by atomic mass is 16.5. The maximum Gasteiger partial charge on any atom is 0.275 e. The Labute approximate surface area is 116 Å². The molecular formula is C14H14N4O2. The van der Waals surface area contributed by atoms with Gasteiger partial charge in [0.1, 0.15) is 0 Å². The van der Waals surface area contributed by atoms with Gasteiger partial charge in [-0.1, -0.05) is 18.2 Å². The lowest BCUT2D eigenvalue weighted by atomic mass is 10.2. The summed E-state index contributed by atoms with van der Waals surface area (Å²) in [4.78, 5) is 14.2. The zero-order chi connectivity index (χ0) is 14.1. The Morgan fingerprint density at radius 2 is 2.30 bits per heavy atom. The number of carbonyl (C=O) groups excluding carboxylic acids is 1. The maximum atomic E-state index is 12.6. The van der Waals surface area contributed by atoms with Crippen LogP contribution in [0.3, 0.4) is 0 Å². The molecule has 2 aromatic rings. The molecule has 6 heteroatoms. The van der Waals surface area contributed by atoms with Crippen LogP contribution in [0, 0.1) is 11.3 Å². The van der Waals surface area contributed by atoms with Crippen LogP contribution in [-0.2, 0) is 11.8 Å². The van der Waals surface area contributed by atoms with Crippen molar-refractivity contribution in [1.82, 2.24) is 14.7 Å². The zero-order valence-electron chi connectivity index (χ0n) is 11.1. The highest BCUT2D eigenvalue weighted by Crippen LogP contribution is 2.20. The first-order valence-corrected chi connectivity index (χ1v) is 6.43. The van der Waals surface area contributed by atoms with E-state index in [2.05, 4.69) is 5.10 Å². The summed E-state index contributed by atoms with van der Waals surface area (Å²) < 4.78 is 6.95. The molecule has 0 bridgehead atoms. The fourth-order valence-electron chi connectivity index (χ4n) is 2.43. The number of carbonyl (C=O) groups is 1. The quantitative estimate of drug-likeness (QED) is 0.773. The number of benzene rings is 1. The molecule has 1 fully saturated rings. The average molecular weight is 270 g/mol. The Balaban J connectivity index is 1.95. The van der Waals surface area contributed by atoms with Crippen LogP contribution in [0.15, 0.2) is 24.3 Å². The van der Waals surface area contributed by atoms with Gasteiger partial charge in [0.25, 0.3) is 5.91 Å². The lowest BCUT2D eigenvalue weighted by molar-refractivity contribution is 0.00326. The van der Waals surface area contributed by atoms with E-state index in [0.717, 1.165) is 10.9 Å². The van der Waals surface area contributed by atoms with Gasteiger partial charge in [-0.05, 0) is 6.07 Å². The molecule has 6 nitrogen and oxygen atoms in total. The van der Waals surface area contributed by atoms with Crippen molar-refractivity contribution in [3.05, 3.63) is 30.0 Å². The van der Waals surface area contributed by atoms with Crippen molar-refractivity contribution in [2.45, 2.75) is 6.10 Å². The highest BCUT2D eigenvalue weighted by Gasteiger charge is 2.27. The number of fused-ring (bicyclic) bond motifs is 1. The number of aryl methyl sites for hydroxylation is 1. The normalized spacial score (nSPS) is 19.0. The van der Waals surface area contributed by atoms with Gasteiger partial charge in [-0.15, -0.1) is 0 Å². The topological polar surface area (TPSA) is 71.2 Å². The van der Waals surface area contributed by atoms with E-state index in [9.17, 15) is 4.79 Å². The molecule has 3 rings (SSSR count). The molecule has 0 aliphatic carbocycles. The first-order chi connectivity index (χ1) is 9.70. The molecule has 1 aliphatic rings. The van der Waals surface area contributed by atoms with Crippen LogP contribution < -0.4 is 0 Å². The second-order valence-corrected chi connectivity index (χ2v) is 4.73. The molecule has 102 valence electrons. The van der Waals surface area contributed by atoms with Crippen molar-refractivity contribution in [1.29, 1.82) is 5.26 Å². The van der Waals surface area contributed by atoms with Crippen LogP contribution in [0.5, 0.6) is 0 Å². The number of para-hydroxylation sites is 1. The number of ether oxygens (including phenoxy) is 1. The van der Waals surface area contributed by atoms with Crippen molar-refractivity contribution in [2.75, 3.05) is 19.7 Å². The Bertz CT molecular complexity index is 701. The second kappa shape index (κ2) is 4.94. The fourth-order valence-corrected chi connectivity index (χ4v) is 2.43. The Hall–Kier alpha value is -2.39. The summed E-state index contributed by atoms with van der Waals surface area (Å²) >= 11 is 0. The van der Waals surface area contributed by atoms with Crippen molar-refractivity contribution in [3.63, 3.8) is 0 Å².